The van der Waals surface area contributed by atoms with E-state index < -0.39 is 21.9 Å². The summed E-state index contributed by atoms with van der Waals surface area (Å²) in [5, 5.41) is 0. The largest absolute Gasteiger partial charge is 0.328 e. The lowest BCUT2D eigenvalue weighted by molar-refractivity contribution is -0.129. The summed E-state index contributed by atoms with van der Waals surface area (Å²) < 4.78 is 23.3. The summed E-state index contributed by atoms with van der Waals surface area (Å²) >= 11 is 0. The van der Waals surface area contributed by atoms with E-state index in [2.05, 4.69) is 0 Å². The highest BCUT2D eigenvalue weighted by atomic mass is 32.2. The number of rotatable bonds is 1. The topological polar surface area (TPSA) is 74.8 Å². The van der Waals surface area contributed by atoms with Gasteiger partial charge in [-0.05, 0) is 17.5 Å². The van der Waals surface area contributed by atoms with Gasteiger partial charge in [0.05, 0.1) is 17.5 Å². The van der Waals surface area contributed by atoms with Crippen LogP contribution in [0, 0.1) is 0 Å². The van der Waals surface area contributed by atoms with E-state index in [9.17, 15) is 18.0 Å². The summed E-state index contributed by atoms with van der Waals surface area (Å²) in [4.78, 5) is 28.0. The molecule has 1 aromatic rings. The molecule has 3 aliphatic rings. The molecule has 3 amide bonds. The Labute approximate surface area is 128 Å². The van der Waals surface area contributed by atoms with Gasteiger partial charge in [0.2, 0.25) is 0 Å². The molecule has 0 radical (unpaired) electrons. The number of benzene rings is 1. The molecule has 4 rings (SSSR count). The molecule has 0 spiro atoms. The highest BCUT2D eigenvalue weighted by molar-refractivity contribution is 7.91. The van der Waals surface area contributed by atoms with Crippen LogP contribution >= 0.6 is 0 Å². The molecule has 2 fully saturated rings. The van der Waals surface area contributed by atoms with Crippen LogP contribution in [0.25, 0.3) is 0 Å². The van der Waals surface area contributed by atoms with E-state index in [1.807, 2.05) is 24.3 Å². The second kappa shape index (κ2) is 4.55. The minimum Gasteiger partial charge on any atom is -0.308 e. The Balaban J connectivity index is 1.65. The predicted molar refractivity (Wildman–Crippen MR) is 78.8 cm³/mol. The second-order valence-corrected chi connectivity index (χ2v) is 8.39. The van der Waals surface area contributed by atoms with Gasteiger partial charge in [0.25, 0.3) is 5.91 Å². The van der Waals surface area contributed by atoms with Gasteiger partial charge in [-0.3, -0.25) is 9.69 Å². The van der Waals surface area contributed by atoms with Crippen molar-refractivity contribution in [3.63, 3.8) is 0 Å². The van der Waals surface area contributed by atoms with E-state index in [0.717, 1.165) is 11.1 Å². The van der Waals surface area contributed by atoms with Gasteiger partial charge in [-0.25, -0.2) is 13.2 Å². The van der Waals surface area contributed by atoms with Gasteiger partial charge in [0.15, 0.2) is 9.84 Å². The lowest BCUT2D eigenvalue weighted by atomic mass is 9.95. The van der Waals surface area contributed by atoms with E-state index in [0.29, 0.717) is 19.4 Å². The molecule has 0 unspecified atom stereocenters. The quantitative estimate of drug-likeness (QED) is 0.709. The fraction of sp³-hybridized carbons (Fsp3) is 0.467. The number of carbonyl (C=O) groups excluding carboxylic acids is 2. The Morgan fingerprint density at radius 2 is 1.82 bits per heavy atom. The molecule has 0 N–H and O–H groups in total. The Bertz CT molecular complexity index is 731. The molecular weight excluding hydrogens is 304 g/mol. The molecule has 116 valence electrons. The Kier molecular flexibility index (Phi) is 2.84. The van der Waals surface area contributed by atoms with Crippen LogP contribution in [0.1, 0.15) is 17.5 Å². The van der Waals surface area contributed by atoms with Crippen LogP contribution in [-0.2, 0) is 27.6 Å². The number of urea groups is 1. The highest BCUT2D eigenvalue weighted by Gasteiger charge is 2.51. The lowest BCUT2D eigenvalue weighted by Gasteiger charge is -2.28. The maximum absolute atomic E-state index is 12.6. The molecule has 0 aromatic heterocycles. The summed E-state index contributed by atoms with van der Waals surface area (Å²) in [6.07, 6.45) is 0.865. The van der Waals surface area contributed by atoms with Gasteiger partial charge in [-0.1, -0.05) is 24.3 Å². The van der Waals surface area contributed by atoms with Crippen LogP contribution in [-0.4, -0.2) is 53.7 Å². The maximum atomic E-state index is 12.6. The van der Waals surface area contributed by atoms with Crippen molar-refractivity contribution in [2.75, 3.05) is 11.5 Å². The Morgan fingerprint density at radius 3 is 2.50 bits per heavy atom. The van der Waals surface area contributed by atoms with Crippen LogP contribution in [0.3, 0.4) is 0 Å². The normalized spacial score (nSPS) is 29.6. The van der Waals surface area contributed by atoms with E-state index in [4.69, 9.17) is 0 Å². The van der Waals surface area contributed by atoms with Crippen molar-refractivity contribution in [1.29, 1.82) is 0 Å². The molecule has 1 aromatic carbocycles. The molecule has 7 heteroatoms. The first kappa shape index (κ1) is 13.8. The van der Waals surface area contributed by atoms with Gasteiger partial charge in [-0.15, -0.1) is 0 Å². The zero-order valence-corrected chi connectivity index (χ0v) is 12.8. The number of sulfone groups is 1. The minimum atomic E-state index is -3.13. The summed E-state index contributed by atoms with van der Waals surface area (Å²) in [7, 11) is -3.13. The molecular formula is C15H16N2O4S. The van der Waals surface area contributed by atoms with Crippen molar-refractivity contribution >= 4 is 21.8 Å². The third-order valence-corrected chi connectivity index (χ3v) is 6.55. The third kappa shape index (κ3) is 1.95. The third-order valence-electron chi connectivity index (χ3n) is 4.80. The van der Waals surface area contributed by atoms with Crippen molar-refractivity contribution < 1.29 is 18.0 Å². The lowest BCUT2D eigenvalue weighted by Crippen LogP contribution is -2.41. The van der Waals surface area contributed by atoms with Crippen LogP contribution in [0.4, 0.5) is 4.79 Å². The van der Waals surface area contributed by atoms with E-state index in [-0.39, 0.29) is 23.4 Å². The number of nitrogens with zero attached hydrogens (tertiary/aromatic N) is 2. The van der Waals surface area contributed by atoms with Crippen molar-refractivity contribution in [3.8, 4) is 0 Å². The summed E-state index contributed by atoms with van der Waals surface area (Å²) in [5.74, 6) is -0.293. The number of imide groups is 1. The standard InChI is InChI=1S/C15H16N2O4S/c18-14-13-7-10-3-1-2-4-11(10)8-16(13)15(19)17(14)12-5-6-22(20,21)9-12/h1-4,12-13H,5-9H2/t12-,13+/m0/s1. The van der Waals surface area contributed by atoms with Crippen LogP contribution in [0.2, 0.25) is 0 Å². The Morgan fingerprint density at radius 1 is 1.09 bits per heavy atom. The summed E-state index contributed by atoms with van der Waals surface area (Å²) in [6, 6.07) is 6.47. The first-order valence-electron chi connectivity index (χ1n) is 7.37. The molecule has 0 aliphatic carbocycles. The molecule has 22 heavy (non-hydrogen) atoms. The SMILES string of the molecule is O=C1[C@H]2Cc3ccccc3CN2C(=O)N1[C@H]1CCS(=O)(=O)C1. The van der Waals surface area contributed by atoms with Gasteiger partial charge in [-0.2, -0.15) is 0 Å². The van der Waals surface area contributed by atoms with E-state index in [1.165, 1.54) is 4.90 Å². The number of fused-ring (bicyclic) bond motifs is 2. The van der Waals surface area contributed by atoms with E-state index in [1.54, 1.807) is 4.90 Å². The zero-order chi connectivity index (χ0) is 15.5. The monoisotopic (exact) mass is 320 g/mol. The zero-order valence-electron chi connectivity index (χ0n) is 11.9. The summed E-state index contributed by atoms with van der Waals surface area (Å²) in [6.45, 7) is 0.418. The van der Waals surface area contributed by atoms with Crippen LogP contribution in [0.15, 0.2) is 24.3 Å². The molecule has 3 aliphatic heterocycles. The average Bonchev–Trinajstić information content (AvgIpc) is 2.95. The fourth-order valence-electron chi connectivity index (χ4n) is 3.65. The minimum absolute atomic E-state index is 0.0552. The summed E-state index contributed by atoms with van der Waals surface area (Å²) in [5.41, 5.74) is 2.14. The number of amides is 3. The number of hydrogen-bond acceptors (Lipinski definition) is 4. The van der Waals surface area contributed by atoms with E-state index >= 15 is 0 Å². The molecule has 2 saturated heterocycles. The Hall–Kier alpha value is -1.89. The molecule has 3 heterocycles. The fourth-order valence-corrected chi connectivity index (χ4v) is 5.35. The number of carbonyl (C=O) groups is 2. The molecule has 0 saturated carbocycles. The first-order valence-corrected chi connectivity index (χ1v) is 9.19. The van der Waals surface area contributed by atoms with Gasteiger partial charge in [0.1, 0.15) is 6.04 Å². The molecule has 6 nitrogen and oxygen atoms in total. The van der Waals surface area contributed by atoms with Gasteiger partial charge in [0, 0.05) is 13.0 Å². The first-order chi connectivity index (χ1) is 10.5. The van der Waals surface area contributed by atoms with Crippen molar-refractivity contribution in [3.05, 3.63) is 35.4 Å². The molecule has 0 bridgehead atoms. The average molecular weight is 320 g/mol. The van der Waals surface area contributed by atoms with Crippen molar-refractivity contribution in [2.24, 2.45) is 0 Å². The van der Waals surface area contributed by atoms with Crippen LogP contribution < -0.4 is 0 Å². The van der Waals surface area contributed by atoms with Crippen molar-refractivity contribution in [1.82, 2.24) is 9.80 Å². The molecule has 2 atom stereocenters. The van der Waals surface area contributed by atoms with Gasteiger partial charge >= 0.3 is 6.03 Å². The van der Waals surface area contributed by atoms with Crippen LogP contribution in [0.5, 0.6) is 0 Å². The second-order valence-electron chi connectivity index (χ2n) is 6.16. The maximum Gasteiger partial charge on any atom is 0.328 e. The van der Waals surface area contributed by atoms with Crippen molar-refractivity contribution in [2.45, 2.75) is 31.5 Å². The smallest absolute Gasteiger partial charge is 0.308 e. The predicted octanol–water partition coefficient (Wildman–Crippen LogP) is 0.563. The number of hydrogen-bond donors (Lipinski definition) is 0. The highest BCUT2D eigenvalue weighted by Crippen LogP contribution is 2.33. The van der Waals surface area contributed by atoms with Gasteiger partial charge < -0.3 is 4.90 Å².